The van der Waals surface area contributed by atoms with E-state index < -0.39 is 11.6 Å². The van der Waals surface area contributed by atoms with Crippen molar-refractivity contribution in [2.24, 2.45) is 0 Å². The van der Waals surface area contributed by atoms with E-state index in [1.165, 1.54) is 12.1 Å². The summed E-state index contributed by atoms with van der Waals surface area (Å²) in [5.74, 6) is -0.521. The molecule has 0 saturated carbocycles. The summed E-state index contributed by atoms with van der Waals surface area (Å²) >= 11 is 12.3. The molecule has 122 valence electrons. The molecule has 24 heavy (non-hydrogen) atoms. The number of hydrogen-bond acceptors (Lipinski definition) is 2. The van der Waals surface area contributed by atoms with Gasteiger partial charge in [0.05, 0.1) is 10.7 Å². The van der Waals surface area contributed by atoms with Crippen molar-refractivity contribution < 1.29 is 8.78 Å². The van der Waals surface area contributed by atoms with E-state index in [0.717, 1.165) is 17.4 Å². The first-order valence-electron chi connectivity index (χ1n) is 7.31. The fraction of sp³-hybridized carbons (Fsp3) is 0.118. The van der Waals surface area contributed by atoms with Crippen LogP contribution >= 0.6 is 23.2 Å². The van der Waals surface area contributed by atoms with Gasteiger partial charge in [0.1, 0.15) is 23.1 Å². The Kier molecular flexibility index (Phi) is 3.70. The number of nitrogens with zero attached hydrogens (tertiary/aromatic N) is 2. The second-order valence-corrected chi connectivity index (χ2v) is 6.33. The maximum Gasteiger partial charge on any atom is 0.135 e. The summed E-state index contributed by atoms with van der Waals surface area (Å²) in [6.07, 6.45) is 0.694. The number of anilines is 1. The van der Waals surface area contributed by atoms with Crippen molar-refractivity contribution in [3.8, 4) is 16.9 Å². The summed E-state index contributed by atoms with van der Waals surface area (Å²) in [6, 6.07) is 8.54. The molecule has 1 aliphatic heterocycles. The Bertz CT molecular complexity index is 953. The minimum Gasteiger partial charge on any atom is -0.369 e. The van der Waals surface area contributed by atoms with Crippen LogP contribution in [0.15, 0.2) is 36.4 Å². The van der Waals surface area contributed by atoms with E-state index in [2.05, 4.69) is 10.4 Å². The third kappa shape index (κ3) is 2.44. The quantitative estimate of drug-likeness (QED) is 0.685. The standard InChI is InChI=1S/C17H11Cl2F2N3/c18-9-1-4-13(19)15(7-9)24-17-12(5-6-22-17)16(23-24)11-3-2-10(20)8-14(11)21/h1-4,7-8,22H,5-6H2. The molecule has 2 aromatic carbocycles. The Morgan fingerprint density at radius 2 is 1.92 bits per heavy atom. The monoisotopic (exact) mass is 365 g/mol. The van der Waals surface area contributed by atoms with Crippen LogP contribution in [0.25, 0.3) is 16.9 Å². The summed E-state index contributed by atoms with van der Waals surface area (Å²) in [5.41, 5.74) is 2.21. The lowest BCUT2D eigenvalue weighted by Gasteiger charge is -2.09. The third-order valence-electron chi connectivity index (χ3n) is 3.97. The van der Waals surface area contributed by atoms with Gasteiger partial charge in [0, 0.05) is 28.8 Å². The molecule has 0 bridgehead atoms. The van der Waals surface area contributed by atoms with Gasteiger partial charge in [-0.25, -0.2) is 13.5 Å². The average Bonchev–Trinajstić information content (AvgIpc) is 3.13. The zero-order chi connectivity index (χ0) is 16.8. The van der Waals surface area contributed by atoms with Gasteiger partial charge in [-0.05, 0) is 36.8 Å². The molecular weight excluding hydrogens is 355 g/mol. The van der Waals surface area contributed by atoms with Crippen molar-refractivity contribution in [1.82, 2.24) is 9.78 Å². The van der Waals surface area contributed by atoms with E-state index in [4.69, 9.17) is 23.2 Å². The van der Waals surface area contributed by atoms with Crippen LogP contribution in [0.2, 0.25) is 10.0 Å². The number of rotatable bonds is 2. The SMILES string of the molecule is Fc1ccc(-c2nn(-c3cc(Cl)ccc3Cl)c3c2CCN3)c(F)c1. The number of halogens is 4. The van der Waals surface area contributed by atoms with Crippen molar-refractivity contribution in [3.05, 3.63) is 63.6 Å². The molecule has 0 fully saturated rings. The minimum atomic E-state index is -0.647. The zero-order valence-corrected chi connectivity index (χ0v) is 13.8. The summed E-state index contributed by atoms with van der Waals surface area (Å²) in [4.78, 5) is 0. The van der Waals surface area contributed by atoms with E-state index in [-0.39, 0.29) is 5.56 Å². The van der Waals surface area contributed by atoms with Gasteiger partial charge in [0.15, 0.2) is 0 Å². The molecule has 4 rings (SSSR count). The van der Waals surface area contributed by atoms with E-state index >= 15 is 0 Å². The molecule has 7 heteroatoms. The average molecular weight is 366 g/mol. The number of aromatic nitrogens is 2. The van der Waals surface area contributed by atoms with Crippen LogP contribution in [-0.2, 0) is 6.42 Å². The highest BCUT2D eigenvalue weighted by Gasteiger charge is 2.26. The fourth-order valence-electron chi connectivity index (χ4n) is 2.90. The smallest absolute Gasteiger partial charge is 0.135 e. The lowest BCUT2D eigenvalue weighted by Crippen LogP contribution is -2.05. The lowest BCUT2D eigenvalue weighted by molar-refractivity contribution is 0.585. The Morgan fingerprint density at radius 1 is 1.08 bits per heavy atom. The minimum absolute atomic E-state index is 0.258. The predicted octanol–water partition coefficient (Wildman–Crippen LogP) is 5.09. The largest absolute Gasteiger partial charge is 0.369 e. The van der Waals surface area contributed by atoms with Crippen molar-refractivity contribution >= 4 is 29.0 Å². The molecule has 0 aliphatic carbocycles. The highest BCUT2D eigenvalue weighted by molar-refractivity contribution is 6.34. The van der Waals surface area contributed by atoms with Crippen LogP contribution in [0.5, 0.6) is 0 Å². The third-order valence-corrected chi connectivity index (χ3v) is 4.53. The van der Waals surface area contributed by atoms with Gasteiger partial charge in [-0.15, -0.1) is 0 Å². The summed E-state index contributed by atoms with van der Waals surface area (Å²) in [5, 5.41) is 8.75. The highest BCUT2D eigenvalue weighted by atomic mass is 35.5. The molecule has 2 heterocycles. The van der Waals surface area contributed by atoms with Crippen LogP contribution in [0.4, 0.5) is 14.6 Å². The van der Waals surface area contributed by atoms with Gasteiger partial charge in [0.2, 0.25) is 0 Å². The first-order valence-corrected chi connectivity index (χ1v) is 8.07. The zero-order valence-electron chi connectivity index (χ0n) is 12.3. The van der Waals surface area contributed by atoms with Crippen molar-refractivity contribution in [2.45, 2.75) is 6.42 Å². The molecule has 1 aliphatic rings. The summed E-state index contributed by atoms with van der Waals surface area (Å²) < 4.78 is 29.0. The molecule has 0 spiro atoms. The molecular formula is C17H11Cl2F2N3. The Labute approximate surface area is 146 Å². The number of fused-ring (bicyclic) bond motifs is 1. The van der Waals surface area contributed by atoms with Gasteiger partial charge in [-0.2, -0.15) is 5.10 Å². The first kappa shape index (κ1) is 15.4. The summed E-state index contributed by atoms with van der Waals surface area (Å²) in [7, 11) is 0. The highest BCUT2D eigenvalue weighted by Crippen LogP contribution is 2.37. The molecule has 1 N–H and O–H groups in total. The molecule has 0 radical (unpaired) electrons. The number of benzene rings is 2. The van der Waals surface area contributed by atoms with Crippen molar-refractivity contribution in [2.75, 3.05) is 11.9 Å². The van der Waals surface area contributed by atoms with Gasteiger partial charge in [-0.1, -0.05) is 23.2 Å². The Hall–Kier alpha value is -2.11. The van der Waals surface area contributed by atoms with Crippen LogP contribution in [0, 0.1) is 11.6 Å². The number of nitrogens with one attached hydrogen (secondary N) is 1. The van der Waals surface area contributed by atoms with Gasteiger partial charge < -0.3 is 5.32 Å². The molecule has 0 unspecified atom stereocenters. The Balaban J connectivity index is 1.94. The molecule has 3 nitrogen and oxygen atoms in total. The van der Waals surface area contributed by atoms with Crippen LogP contribution < -0.4 is 5.32 Å². The predicted molar refractivity (Wildman–Crippen MR) is 91.1 cm³/mol. The second kappa shape index (κ2) is 5.76. The second-order valence-electron chi connectivity index (χ2n) is 5.48. The fourth-order valence-corrected chi connectivity index (χ4v) is 3.26. The van der Waals surface area contributed by atoms with Crippen LogP contribution in [0.3, 0.4) is 0 Å². The topological polar surface area (TPSA) is 29.9 Å². The molecule has 3 aromatic rings. The normalized spacial score (nSPS) is 13.0. The molecule has 1 aromatic heterocycles. The van der Waals surface area contributed by atoms with Crippen LogP contribution in [0.1, 0.15) is 5.56 Å². The van der Waals surface area contributed by atoms with Crippen LogP contribution in [-0.4, -0.2) is 16.3 Å². The molecule has 0 saturated heterocycles. The maximum atomic E-state index is 14.2. The first-order chi connectivity index (χ1) is 11.5. The van der Waals surface area contributed by atoms with Gasteiger partial charge in [-0.3, -0.25) is 0 Å². The molecule has 0 atom stereocenters. The van der Waals surface area contributed by atoms with E-state index in [9.17, 15) is 8.78 Å². The Morgan fingerprint density at radius 3 is 2.71 bits per heavy atom. The van der Waals surface area contributed by atoms with Crippen molar-refractivity contribution in [1.29, 1.82) is 0 Å². The van der Waals surface area contributed by atoms with E-state index in [1.54, 1.807) is 22.9 Å². The maximum absolute atomic E-state index is 14.2. The van der Waals surface area contributed by atoms with E-state index in [1.807, 2.05) is 0 Å². The number of hydrogen-bond donors (Lipinski definition) is 1. The van der Waals surface area contributed by atoms with E-state index in [0.29, 0.717) is 34.4 Å². The van der Waals surface area contributed by atoms with Gasteiger partial charge >= 0.3 is 0 Å². The summed E-state index contributed by atoms with van der Waals surface area (Å²) in [6.45, 7) is 0.710. The van der Waals surface area contributed by atoms with Gasteiger partial charge in [0.25, 0.3) is 0 Å². The van der Waals surface area contributed by atoms with Crippen molar-refractivity contribution in [3.63, 3.8) is 0 Å². The lowest BCUT2D eigenvalue weighted by atomic mass is 10.1. The molecule has 0 amide bonds.